The fourth-order valence-corrected chi connectivity index (χ4v) is 3.25. The second-order valence-corrected chi connectivity index (χ2v) is 6.46. The van der Waals surface area contributed by atoms with E-state index in [0.717, 1.165) is 5.69 Å². The van der Waals surface area contributed by atoms with Gasteiger partial charge in [-0.15, -0.1) is 0 Å². The van der Waals surface area contributed by atoms with Gasteiger partial charge in [0.05, 0.1) is 24.9 Å². The first-order chi connectivity index (χ1) is 12.2. The number of anilines is 3. The monoisotopic (exact) mass is 362 g/mol. The lowest BCUT2D eigenvalue weighted by Gasteiger charge is -2.22. The van der Waals surface area contributed by atoms with E-state index in [2.05, 4.69) is 20.6 Å². The zero-order chi connectivity index (χ0) is 17.6. The summed E-state index contributed by atoms with van der Waals surface area (Å²) in [5.41, 5.74) is 0.728. The van der Waals surface area contributed by atoms with Gasteiger partial charge >= 0.3 is 0 Å². The van der Waals surface area contributed by atoms with Gasteiger partial charge in [-0.3, -0.25) is 0 Å². The van der Waals surface area contributed by atoms with Crippen LogP contribution in [0.4, 0.5) is 17.5 Å². The minimum atomic E-state index is 0.453. The van der Waals surface area contributed by atoms with Gasteiger partial charge in [-0.2, -0.15) is 4.98 Å². The Labute approximate surface area is 152 Å². The summed E-state index contributed by atoms with van der Waals surface area (Å²) in [6.07, 6.45) is 7.92. The van der Waals surface area contributed by atoms with E-state index in [1.54, 1.807) is 32.5 Å². The fraction of sp³-hybridized carbons (Fsp3) is 0.444. The topological polar surface area (TPSA) is 68.3 Å². The van der Waals surface area contributed by atoms with Crippen LogP contribution >= 0.6 is 11.6 Å². The second-order valence-electron chi connectivity index (χ2n) is 6.06. The molecule has 6 nitrogen and oxygen atoms in total. The number of rotatable bonds is 6. The molecule has 0 atom stereocenters. The molecule has 3 rings (SSSR count). The van der Waals surface area contributed by atoms with E-state index in [-0.39, 0.29) is 0 Å². The molecule has 0 aliphatic heterocycles. The highest BCUT2D eigenvalue weighted by atomic mass is 35.5. The number of ether oxygens (including phenoxy) is 2. The number of aromatic nitrogens is 2. The highest BCUT2D eigenvalue weighted by Gasteiger charge is 2.15. The fourth-order valence-electron chi connectivity index (χ4n) is 3.02. The van der Waals surface area contributed by atoms with Crippen molar-refractivity contribution in [3.8, 4) is 11.5 Å². The van der Waals surface area contributed by atoms with E-state index >= 15 is 0 Å². The minimum absolute atomic E-state index is 0.453. The van der Waals surface area contributed by atoms with Crippen molar-refractivity contribution in [2.24, 2.45) is 0 Å². The molecule has 0 bridgehead atoms. The molecule has 2 N–H and O–H groups in total. The molecule has 1 aromatic heterocycles. The molecular weight excluding hydrogens is 340 g/mol. The lowest BCUT2D eigenvalue weighted by molar-refractivity contribution is 0.405. The normalized spacial score (nSPS) is 14.8. The van der Waals surface area contributed by atoms with E-state index in [1.165, 1.54) is 32.1 Å². The number of benzene rings is 1. The molecule has 25 heavy (non-hydrogen) atoms. The van der Waals surface area contributed by atoms with Crippen molar-refractivity contribution >= 4 is 29.1 Å². The molecule has 1 heterocycles. The SMILES string of the molecule is COc1cc(Nc2ccnc(NC3CCCCC3)n2)c(OC)cc1Cl. The number of hydrogen-bond acceptors (Lipinski definition) is 6. The molecule has 1 saturated carbocycles. The van der Waals surface area contributed by atoms with Crippen molar-refractivity contribution in [3.05, 3.63) is 29.4 Å². The summed E-state index contributed by atoms with van der Waals surface area (Å²) in [5, 5.41) is 7.17. The van der Waals surface area contributed by atoms with Crippen LogP contribution in [0.2, 0.25) is 5.02 Å². The number of nitrogens with one attached hydrogen (secondary N) is 2. The van der Waals surface area contributed by atoms with Gasteiger partial charge in [0.25, 0.3) is 0 Å². The molecule has 2 aromatic rings. The van der Waals surface area contributed by atoms with Crippen LogP contribution in [0.3, 0.4) is 0 Å². The van der Waals surface area contributed by atoms with Crippen LogP contribution in [0.1, 0.15) is 32.1 Å². The van der Waals surface area contributed by atoms with E-state index < -0.39 is 0 Å². The molecule has 0 amide bonds. The number of hydrogen-bond donors (Lipinski definition) is 2. The number of halogens is 1. The predicted octanol–water partition coefficient (Wildman–Crippen LogP) is 4.64. The van der Waals surface area contributed by atoms with E-state index in [1.807, 2.05) is 6.07 Å². The molecule has 7 heteroatoms. The highest BCUT2D eigenvalue weighted by Crippen LogP contribution is 2.37. The summed E-state index contributed by atoms with van der Waals surface area (Å²) in [5.74, 6) is 2.50. The maximum Gasteiger partial charge on any atom is 0.224 e. The summed E-state index contributed by atoms with van der Waals surface area (Å²) < 4.78 is 10.7. The van der Waals surface area contributed by atoms with Gasteiger partial charge in [-0.05, 0) is 18.9 Å². The van der Waals surface area contributed by atoms with Crippen LogP contribution in [-0.4, -0.2) is 30.2 Å². The zero-order valence-electron chi connectivity index (χ0n) is 14.5. The second kappa shape index (κ2) is 8.25. The Morgan fingerprint density at radius 3 is 2.56 bits per heavy atom. The zero-order valence-corrected chi connectivity index (χ0v) is 15.3. The molecule has 1 aromatic carbocycles. The molecule has 0 unspecified atom stereocenters. The van der Waals surface area contributed by atoms with E-state index in [0.29, 0.717) is 34.3 Å². The summed E-state index contributed by atoms with van der Waals surface area (Å²) in [7, 11) is 3.17. The molecule has 1 aliphatic carbocycles. The molecule has 0 spiro atoms. The Bertz CT molecular complexity index is 720. The first-order valence-corrected chi connectivity index (χ1v) is 8.85. The van der Waals surface area contributed by atoms with Crippen LogP contribution in [-0.2, 0) is 0 Å². The average molecular weight is 363 g/mol. The van der Waals surface area contributed by atoms with Gasteiger partial charge in [0, 0.05) is 24.4 Å². The van der Waals surface area contributed by atoms with E-state index in [4.69, 9.17) is 21.1 Å². The van der Waals surface area contributed by atoms with Crippen LogP contribution in [0.25, 0.3) is 0 Å². The van der Waals surface area contributed by atoms with Gasteiger partial charge in [0.15, 0.2) is 0 Å². The lowest BCUT2D eigenvalue weighted by Crippen LogP contribution is -2.23. The summed E-state index contributed by atoms with van der Waals surface area (Å²) in [6.45, 7) is 0. The van der Waals surface area contributed by atoms with E-state index in [9.17, 15) is 0 Å². The van der Waals surface area contributed by atoms with Crippen LogP contribution in [0.15, 0.2) is 24.4 Å². The summed E-state index contributed by atoms with van der Waals surface area (Å²) in [6, 6.07) is 5.77. The Morgan fingerprint density at radius 2 is 1.84 bits per heavy atom. The Morgan fingerprint density at radius 1 is 1.08 bits per heavy atom. The van der Waals surface area contributed by atoms with Gasteiger partial charge in [0.1, 0.15) is 17.3 Å². The third kappa shape index (κ3) is 4.45. The van der Waals surface area contributed by atoms with Crippen molar-refractivity contribution in [3.63, 3.8) is 0 Å². The first-order valence-electron chi connectivity index (χ1n) is 8.47. The highest BCUT2D eigenvalue weighted by molar-refractivity contribution is 6.32. The summed E-state index contributed by atoms with van der Waals surface area (Å²) >= 11 is 6.15. The van der Waals surface area contributed by atoms with Gasteiger partial charge in [-0.1, -0.05) is 30.9 Å². The third-order valence-corrected chi connectivity index (χ3v) is 4.63. The van der Waals surface area contributed by atoms with Crippen molar-refractivity contribution < 1.29 is 9.47 Å². The Hall–Kier alpha value is -2.21. The smallest absolute Gasteiger partial charge is 0.224 e. The lowest BCUT2D eigenvalue weighted by atomic mass is 9.96. The first kappa shape index (κ1) is 17.6. The molecule has 0 radical (unpaired) electrons. The minimum Gasteiger partial charge on any atom is -0.495 e. The van der Waals surface area contributed by atoms with Crippen molar-refractivity contribution in [2.75, 3.05) is 24.9 Å². The summed E-state index contributed by atoms with van der Waals surface area (Å²) in [4.78, 5) is 8.88. The van der Waals surface area contributed by atoms with Crippen molar-refractivity contribution in [1.82, 2.24) is 9.97 Å². The van der Waals surface area contributed by atoms with Gasteiger partial charge < -0.3 is 20.1 Å². The maximum atomic E-state index is 6.15. The standard InChI is InChI=1S/C18H23ClN4O2/c1-24-15-11-14(16(25-2)10-13(15)19)22-17-8-9-20-18(23-17)21-12-6-4-3-5-7-12/h8-12H,3-7H2,1-2H3,(H2,20,21,22,23). The van der Waals surface area contributed by atoms with Crippen molar-refractivity contribution in [2.45, 2.75) is 38.1 Å². The molecular formula is C18H23ClN4O2. The molecule has 1 aliphatic rings. The number of nitrogens with zero attached hydrogens (tertiary/aromatic N) is 2. The predicted molar refractivity (Wildman–Crippen MR) is 100 cm³/mol. The third-order valence-electron chi connectivity index (χ3n) is 4.33. The Kier molecular flexibility index (Phi) is 5.81. The average Bonchev–Trinajstić information content (AvgIpc) is 2.64. The largest absolute Gasteiger partial charge is 0.495 e. The molecule has 1 fully saturated rings. The Balaban J connectivity index is 1.77. The van der Waals surface area contributed by atoms with Crippen LogP contribution in [0, 0.1) is 0 Å². The van der Waals surface area contributed by atoms with Crippen LogP contribution in [0.5, 0.6) is 11.5 Å². The molecule has 134 valence electrons. The number of methoxy groups -OCH3 is 2. The van der Waals surface area contributed by atoms with Crippen LogP contribution < -0.4 is 20.1 Å². The van der Waals surface area contributed by atoms with Gasteiger partial charge in [0.2, 0.25) is 5.95 Å². The quantitative estimate of drug-likeness (QED) is 0.780. The van der Waals surface area contributed by atoms with Crippen molar-refractivity contribution in [1.29, 1.82) is 0 Å². The molecule has 0 saturated heterocycles. The maximum absolute atomic E-state index is 6.15. The van der Waals surface area contributed by atoms with Gasteiger partial charge in [-0.25, -0.2) is 4.98 Å².